The van der Waals surface area contributed by atoms with Gasteiger partial charge in [-0.2, -0.15) is 0 Å². The van der Waals surface area contributed by atoms with Crippen molar-refractivity contribution >= 4 is 6.09 Å². The number of benzene rings is 1. The van der Waals surface area contributed by atoms with Crippen LogP contribution in [0.3, 0.4) is 0 Å². The molecule has 0 fully saturated rings. The first-order valence-electron chi connectivity index (χ1n) is 6.27. The summed E-state index contributed by atoms with van der Waals surface area (Å²) in [5.74, 6) is 0.349. The average Bonchev–Trinajstić information content (AvgIpc) is 2.41. The fraction of sp³-hybridized carbons (Fsp3) is 0.500. The zero-order valence-electron chi connectivity index (χ0n) is 10.8. The summed E-state index contributed by atoms with van der Waals surface area (Å²) in [7, 11) is 0. The number of ether oxygens (including phenoxy) is 1. The second-order valence-electron chi connectivity index (χ2n) is 4.41. The maximum atomic E-state index is 11.4. The number of hydrogen-bond donors (Lipinski definition) is 2. The van der Waals surface area contributed by atoms with Gasteiger partial charge in [0.1, 0.15) is 6.61 Å². The molecule has 0 aromatic heterocycles. The van der Waals surface area contributed by atoms with Gasteiger partial charge in [-0.15, -0.1) is 0 Å². The number of carbonyl (C=O) groups excluding carboxylic acids is 1. The van der Waals surface area contributed by atoms with Crippen LogP contribution >= 0.6 is 0 Å². The van der Waals surface area contributed by atoms with E-state index in [4.69, 9.17) is 9.84 Å². The van der Waals surface area contributed by atoms with Crippen LogP contribution in [0.15, 0.2) is 30.3 Å². The van der Waals surface area contributed by atoms with Crippen LogP contribution in [-0.4, -0.2) is 24.4 Å². The summed E-state index contributed by atoms with van der Waals surface area (Å²) in [6.45, 7) is 3.10. The molecule has 2 N–H and O–H groups in total. The lowest BCUT2D eigenvalue weighted by Gasteiger charge is -2.12. The Hall–Kier alpha value is -1.55. The summed E-state index contributed by atoms with van der Waals surface area (Å²) in [4.78, 5) is 11.4. The molecule has 0 unspecified atom stereocenters. The molecule has 1 amide bonds. The van der Waals surface area contributed by atoms with Crippen molar-refractivity contribution in [2.75, 3.05) is 13.2 Å². The molecule has 1 aromatic rings. The minimum atomic E-state index is -0.394. The summed E-state index contributed by atoms with van der Waals surface area (Å²) in [5, 5.41) is 11.4. The standard InChI is InChI=1S/C14H21NO3/c1-12(6-5-9-16)10-15-14(17)18-11-13-7-3-2-4-8-13/h2-4,7-8,12,16H,5-6,9-11H2,1H3,(H,15,17)/t12-/m0/s1. The van der Waals surface area contributed by atoms with Gasteiger partial charge in [-0.05, 0) is 24.3 Å². The lowest BCUT2D eigenvalue weighted by atomic mass is 10.1. The molecular weight excluding hydrogens is 230 g/mol. The van der Waals surface area contributed by atoms with E-state index in [2.05, 4.69) is 5.32 Å². The van der Waals surface area contributed by atoms with E-state index in [1.165, 1.54) is 0 Å². The molecule has 0 radical (unpaired) electrons. The van der Waals surface area contributed by atoms with Gasteiger partial charge in [0.05, 0.1) is 0 Å². The van der Waals surface area contributed by atoms with E-state index in [0.717, 1.165) is 18.4 Å². The Morgan fingerprint density at radius 3 is 2.78 bits per heavy atom. The Morgan fingerprint density at radius 1 is 1.39 bits per heavy atom. The molecular formula is C14H21NO3. The Kier molecular flexibility index (Phi) is 6.87. The average molecular weight is 251 g/mol. The summed E-state index contributed by atoms with van der Waals surface area (Å²) >= 11 is 0. The largest absolute Gasteiger partial charge is 0.445 e. The van der Waals surface area contributed by atoms with Crippen molar-refractivity contribution in [1.29, 1.82) is 0 Å². The van der Waals surface area contributed by atoms with Crippen molar-refractivity contribution in [1.82, 2.24) is 5.32 Å². The van der Waals surface area contributed by atoms with E-state index in [-0.39, 0.29) is 13.2 Å². The number of carbonyl (C=O) groups is 1. The third-order valence-electron chi connectivity index (χ3n) is 2.66. The number of aliphatic hydroxyl groups excluding tert-OH is 1. The zero-order chi connectivity index (χ0) is 13.2. The normalized spacial score (nSPS) is 11.9. The Bertz CT molecular complexity index is 340. The van der Waals surface area contributed by atoms with E-state index < -0.39 is 6.09 Å². The second kappa shape index (κ2) is 8.53. The summed E-state index contributed by atoms with van der Waals surface area (Å²) in [6.07, 6.45) is 1.27. The van der Waals surface area contributed by atoms with Crippen molar-refractivity contribution in [2.45, 2.75) is 26.4 Å². The van der Waals surface area contributed by atoms with Crippen molar-refractivity contribution < 1.29 is 14.6 Å². The molecule has 18 heavy (non-hydrogen) atoms. The van der Waals surface area contributed by atoms with Gasteiger partial charge in [-0.25, -0.2) is 4.79 Å². The number of aliphatic hydroxyl groups is 1. The van der Waals surface area contributed by atoms with Crippen molar-refractivity contribution in [3.05, 3.63) is 35.9 Å². The molecule has 4 heteroatoms. The van der Waals surface area contributed by atoms with Crippen LogP contribution < -0.4 is 5.32 Å². The number of amides is 1. The minimum Gasteiger partial charge on any atom is -0.445 e. The highest BCUT2D eigenvalue weighted by Gasteiger charge is 2.06. The fourth-order valence-corrected chi connectivity index (χ4v) is 1.57. The molecule has 0 aliphatic rings. The van der Waals surface area contributed by atoms with Gasteiger partial charge in [-0.1, -0.05) is 37.3 Å². The van der Waals surface area contributed by atoms with E-state index in [9.17, 15) is 4.79 Å². The van der Waals surface area contributed by atoms with E-state index >= 15 is 0 Å². The maximum Gasteiger partial charge on any atom is 0.407 e. The lowest BCUT2D eigenvalue weighted by molar-refractivity contribution is 0.138. The highest BCUT2D eigenvalue weighted by molar-refractivity contribution is 5.67. The molecule has 0 aliphatic carbocycles. The summed E-state index contributed by atoms with van der Waals surface area (Å²) < 4.78 is 5.08. The summed E-state index contributed by atoms with van der Waals surface area (Å²) in [5.41, 5.74) is 0.973. The van der Waals surface area contributed by atoms with Crippen LogP contribution in [0.25, 0.3) is 0 Å². The lowest BCUT2D eigenvalue weighted by Crippen LogP contribution is -2.28. The Labute approximate surface area is 108 Å². The third kappa shape index (κ3) is 6.25. The van der Waals surface area contributed by atoms with Crippen LogP contribution in [0, 0.1) is 5.92 Å². The highest BCUT2D eigenvalue weighted by atomic mass is 16.5. The van der Waals surface area contributed by atoms with E-state index in [1.54, 1.807) is 0 Å². The Morgan fingerprint density at radius 2 is 2.11 bits per heavy atom. The molecule has 1 atom stereocenters. The first kappa shape index (κ1) is 14.5. The molecule has 0 spiro atoms. The van der Waals surface area contributed by atoms with Gasteiger partial charge in [0.25, 0.3) is 0 Å². The topological polar surface area (TPSA) is 58.6 Å². The number of nitrogens with one attached hydrogen (secondary N) is 1. The maximum absolute atomic E-state index is 11.4. The van der Waals surface area contributed by atoms with Crippen molar-refractivity contribution in [3.63, 3.8) is 0 Å². The molecule has 0 aliphatic heterocycles. The third-order valence-corrected chi connectivity index (χ3v) is 2.66. The van der Waals surface area contributed by atoms with Gasteiger partial charge in [0, 0.05) is 13.2 Å². The monoisotopic (exact) mass is 251 g/mol. The second-order valence-corrected chi connectivity index (χ2v) is 4.41. The molecule has 4 nitrogen and oxygen atoms in total. The van der Waals surface area contributed by atoms with E-state index in [1.807, 2.05) is 37.3 Å². The molecule has 0 bridgehead atoms. The van der Waals surface area contributed by atoms with Crippen molar-refractivity contribution in [2.24, 2.45) is 5.92 Å². The molecule has 0 saturated carbocycles. The van der Waals surface area contributed by atoms with Gasteiger partial charge >= 0.3 is 6.09 Å². The number of hydrogen-bond acceptors (Lipinski definition) is 3. The molecule has 0 saturated heterocycles. The van der Waals surface area contributed by atoms with Crippen molar-refractivity contribution in [3.8, 4) is 0 Å². The van der Waals surface area contributed by atoms with Gasteiger partial charge in [-0.3, -0.25) is 0 Å². The van der Waals surface area contributed by atoms with Crippen LogP contribution in [0.4, 0.5) is 4.79 Å². The van der Waals surface area contributed by atoms with Gasteiger partial charge in [0.15, 0.2) is 0 Å². The fourth-order valence-electron chi connectivity index (χ4n) is 1.57. The quantitative estimate of drug-likeness (QED) is 0.782. The van der Waals surface area contributed by atoms with E-state index in [0.29, 0.717) is 12.5 Å². The first-order valence-corrected chi connectivity index (χ1v) is 6.27. The molecule has 0 heterocycles. The smallest absolute Gasteiger partial charge is 0.407 e. The van der Waals surface area contributed by atoms with Crippen LogP contribution in [0.1, 0.15) is 25.3 Å². The predicted octanol–water partition coefficient (Wildman–Crippen LogP) is 2.32. The van der Waals surface area contributed by atoms with Crippen LogP contribution in [0.5, 0.6) is 0 Å². The van der Waals surface area contributed by atoms with Crippen LogP contribution in [0.2, 0.25) is 0 Å². The number of alkyl carbamates (subject to hydrolysis) is 1. The predicted molar refractivity (Wildman–Crippen MR) is 70.1 cm³/mol. The summed E-state index contributed by atoms with van der Waals surface area (Å²) in [6, 6.07) is 9.57. The number of rotatable bonds is 7. The zero-order valence-corrected chi connectivity index (χ0v) is 10.8. The SMILES string of the molecule is C[C@@H](CCCO)CNC(=O)OCc1ccccc1. The molecule has 1 rings (SSSR count). The van der Waals surface area contributed by atoms with Gasteiger partial charge in [0.2, 0.25) is 0 Å². The molecule has 100 valence electrons. The highest BCUT2D eigenvalue weighted by Crippen LogP contribution is 2.04. The van der Waals surface area contributed by atoms with Gasteiger partial charge < -0.3 is 15.2 Å². The first-order chi connectivity index (χ1) is 8.72. The minimum absolute atomic E-state index is 0.197. The van der Waals surface area contributed by atoms with Crippen LogP contribution in [-0.2, 0) is 11.3 Å². The Balaban J connectivity index is 2.14. The molecule has 1 aromatic carbocycles.